The van der Waals surface area contributed by atoms with Crippen molar-refractivity contribution in [3.8, 4) is 0 Å². The van der Waals surface area contributed by atoms with Gasteiger partial charge in [0.25, 0.3) is 0 Å². The monoisotopic (exact) mass is 209 g/mol. The largest absolute Gasteiger partial charge is 0.403 e. The molecule has 0 rings (SSSR count). The Bertz CT molecular complexity index is 112. The molecular weight excluding hydrogens is 187 g/mol. The van der Waals surface area contributed by atoms with E-state index in [1.165, 1.54) is 32.3 Å². The Morgan fingerprint density at radius 3 is 2.08 bits per heavy atom. The lowest BCUT2D eigenvalue weighted by molar-refractivity contribution is 0.229. The molecule has 0 aromatic heterocycles. The van der Waals surface area contributed by atoms with Crippen molar-refractivity contribution in [2.45, 2.75) is 45.4 Å². The fraction of sp³-hybridized carbons (Fsp3) is 1.00. The average Bonchev–Trinajstić information content (AvgIpc) is 2.01. The first-order chi connectivity index (χ1) is 6.06. The van der Waals surface area contributed by atoms with Gasteiger partial charge in [-0.25, -0.2) is 0 Å². The molecule has 0 fully saturated rings. The van der Waals surface area contributed by atoms with Gasteiger partial charge in [-0.05, 0) is 6.42 Å². The predicted octanol–water partition coefficient (Wildman–Crippen LogP) is 2.74. The summed E-state index contributed by atoms with van der Waals surface area (Å²) >= 11 is 0. The van der Waals surface area contributed by atoms with E-state index in [2.05, 4.69) is 6.92 Å². The second kappa shape index (κ2) is 7.69. The minimum Gasteiger partial charge on any atom is -0.193 e. The summed E-state index contributed by atoms with van der Waals surface area (Å²) in [6, 6.07) is 0. The van der Waals surface area contributed by atoms with E-state index >= 15 is 0 Å². The van der Waals surface area contributed by atoms with Crippen molar-refractivity contribution in [3.05, 3.63) is 0 Å². The van der Waals surface area contributed by atoms with E-state index in [1.807, 2.05) is 0 Å². The third-order valence-corrected chi connectivity index (χ3v) is 2.51. The quantitative estimate of drug-likeness (QED) is 0.477. The normalized spacial score (nSPS) is 12.0. The van der Waals surface area contributed by atoms with Crippen LogP contribution in [-0.2, 0) is 4.52 Å². The predicted molar refractivity (Wildman–Crippen MR) is 56.6 cm³/mol. The Hall–Kier alpha value is 0.310. The highest BCUT2D eigenvalue weighted by Gasteiger charge is 2.25. The number of hydrogen-bond donors (Lipinski definition) is 2. The summed E-state index contributed by atoms with van der Waals surface area (Å²) in [5.74, 6) is 0. The molecule has 0 unspecified atom stereocenters. The van der Waals surface area contributed by atoms with E-state index in [0.717, 1.165) is 12.8 Å². The SMILES string of the molecule is CCCCCCCCO[P+](C)(O)O. The van der Waals surface area contributed by atoms with Crippen molar-refractivity contribution in [3.63, 3.8) is 0 Å². The molecule has 13 heavy (non-hydrogen) atoms. The summed E-state index contributed by atoms with van der Waals surface area (Å²) in [6.07, 6.45) is 7.11. The van der Waals surface area contributed by atoms with Crippen LogP contribution in [0, 0.1) is 0 Å². The van der Waals surface area contributed by atoms with Gasteiger partial charge in [0.05, 0.1) is 6.61 Å². The van der Waals surface area contributed by atoms with Gasteiger partial charge in [0, 0.05) is 0 Å². The van der Waals surface area contributed by atoms with Crippen LogP contribution in [0.1, 0.15) is 45.4 Å². The van der Waals surface area contributed by atoms with Crippen molar-refractivity contribution in [1.82, 2.24) is 0 Å². The van der Waals surface area contributed by atoms with Crippen molar-refractivity contribution in [2.75, 3.05) is 13.3 Å². The fourth-order valence-electron chi connectivity index (χ4n) is 1.12. The molecule has 0 heterocycles. The summed E-state index contributed by atoms with van der Waals surface area (Å²) in [4.78, 5) is 17.8. The molecule has 2 N–H and O–H groups in total. The maximum Gasteiger partial charge on any atom is 0.403 e. The minimum absolute atomic E-state index is 0.476. The first kappa shape index (κ1) is 13.3. The second-order valence-electron chi connectivity index (χ2n) is 3.44. The Morgan fingerprint density at radius 1 is 1.00 bits per heavy atom. The molecule has 0 saturated heterocycles. The zero-order valence-corrected chi connectivity index (χ0v) is 9.59. The molecule has 0 aliphatic carbocycles. The van der Waals surface area contributed by atoms with Gasteiger partial charge in [0.2, 0.25) is 0 Å². The van der Waals surface area contributed by atoms with Gasteiger partial charge in [0.1, 0.15) is 6.66 Å². The molecular formula is C9H22O3P+. The fourth-order valence-corrected chi connectivity index (χ4v) is 1.59. The van der Waals surface area contributed by atoms with Crippen LogP contribution in [0.4, 0.5) is 0 Å². The van der Waals surface area contributed by atoms with Crippen molar-refractivity contribution >= 4 is 7.94 Å². The lowest BCUT2D eigenvalue weighted by atomic mass is 10.1. The van der Waals surface area contributed by atoms with Gasteiger partial charge >= 0.3 is 7.94 Å². The van der Waals surface area contributed by atoms with E-state index in [9.17, 15) is 0 Å². The van der Waals surface area contributed by atoms with Crippen LogP contribution in [0.2, 0.25) is 0 Å². The highest BCUT2D eigenvalue weighted by Crippen LogP contribution is 2.46. The van der Waals surface area contributed by atoms with Gasteiger partial charge in [-0.1, -0.05) is 39.0 Å². The summed E-state index contributed by atoms with van der Waals surface area (Å²) in [7, 11) is -2.98. The Kier molecular flexibility index (Phi) is 7.87. The smallest absolute Gasteiger partial charge is 0.193 e. The molecule has 0 aliphatic heterocycles. The topological polar surface area (TPSA) is 49.7 Å². The van der Waals surface area contributed by atoms with Crippen LogP contribution < -0.4 is 0 Å². The van der Waals surface area contributed by atoms with Crippen LogP contribution >= 0.6 is 7.94 Å². The van der Waals surface area contributed by atoms with Crippen LogP contribution in [0.25, 0.3) is 0 Å². The maximum absolute atomic E-state index is 8.90. The summed E-state index contributed by atoms with van der Waals surface area (Å²) in [5, 5.41) is 0. The standard InChI is InChI=1S/C9H22O3P/c1-3-4-5-6-7-8-9-12-13(2,10)11/h10-11H,3-9H2,1-2H3/q+1. The highest BCUT2D eigenvalue weighted by molar-refractivity contribution is 7.58. The first-order valence-electron chi connectivity index (χ1n) is 5.03. The molecule has 0 aliphatic rings. The van der Waals surface area contributed by atoms with Gasteiger partial charge < -0.3 is 0 Å². The van der Waals surface area contributed by atoms with Crippen LogP contribution in [-0.4, -0.2) is 23.1 Å². The lowest BCUT2D eigenvalue weighted by Gasteiger charge is -2.05. The highest BCUT2D eigenvalue weighted by atomic mass is 31.2. The van der Waals surface area contributed by atoms with E-state index < -0.39 is 7.94 Å². The van der Waals surface area contributed by atoms with Gasteiger partial charge in [0.15, 0.2) is 0 Å². The summed E-state index contributed by atoms with van der Waals surface area (Å²) in [6.45, 7) is 4.00. The van der Waals surface area contributed by atoms with Crippen molar-refractivity contribution in [1.29, 1.82) is 0 Å². The number of unbranched alkanes of at least 4 members (excludes halogenated alkanes) is 5. The molecule has 0 spiro atoms. The average molecular weight is 209 g/mol. The maximum atomic E-state index is 8.90. The molecule has 0 atom stereocenters. The first-order valence-corrected chi connectivity index (χ1v) is 7.09. The van der Waals surface area contributed by atoms with Gasteiger partial charge in [-0.2, -0.15) is 14.3 Å². The van der Waals surface area contributed by atoms with E-state index in [-0.39, 0.29) is 0 Å². The molecule has 0 amide bonds. The second-order valence-corrected chi connectivity index (χ2v) is 5.37. The molecule has 4 heteroatoms. The molecule has 0 aromatic rings. The summed E-state index contributed by atoms with van der Waals surface area (Å²) < 4.78 is 4.86. The lowest BCUT2D eigenvalue weighted by Crippen LogP contribution is -1.96. The van der Waals surface area contributed by atoms with Crippen LogP contribution in [0.3, 0.4) is 0 Å². The molecule has 0 radical (unpaired) electrons. The van der Waals surface area contributed by atoms with E-state index in [0.29, 0.717) is 6.61 Å². The molecule has 3 nitrogen and oxygen atoms in total. The molecule has 0 aromatic carbocycles. The van der Waals surface area contributed by atoms with Crippen LogP contribution in [0.15, 0.2) is 0 Å². The van der Waals surface area contributed by atoms with E-state index in [4.69, 9.17) is 14.3 Å². The van der Waals surface area contributed by atoms with E-state index in [1.54, 1.807) is 0 Å². The Morgan fingerprint density at radius 2 is 1.54 bits per heavy atom. The van der Waals surface area contributed by atoms with Crippen LogP contribution in [0.5, 0.6) is 0 Å². The van der Waals surface area contributed by atoms with Gasteiger partial charge in [-0.15, -0.1) is 0 Å². The third kappa shape index (κ3) is 12.3. The molecule has 0 bridgehead atoms. The van der Waals surface area contributed by atoms with Crippen molar-refractivity contribution in [2.24, 2.45) is 0 Å². The van der Waals surface area contributed by atoms with Gasteiger partial charge in [-0.3, -0.25) is 0 Å². The molecule has 80 valence electrons. The molecule has 0 saturated carbocycles. The number of rotatable bonds is 8. The third-order valence-electron chi connectivity index (χ3n) is 1.83. The zero-order chi connectivity index (χ0) is 10.2. The Labute approximate surface area is 81.7 Å². The minimum atomic E-state index is -2.98. The zero-order valence-electron chi connectivity index (χ0n) is 8.70. The summed E-state index contributed by atoms with van der Waals surface area (Å²) in [5.41, 5.74) is 0. The van der Waals surface area contributed by atoms with Crippen molar-refractivity contribution < 1.29 is 14.3 Å². The number of hydrogen-bond acceptors (Lipinski definition) is 3. The Balaban J connectivity index is 3.00.